The molecule has 1 aromatic carbocycles. The maximum absolute atomic E-state index is 12.7. The number of benzene rings is 1. The Morgan fingerprint density at radius 2 is 2.00 bits per heavy atom. The molecule has 128 valence electrons. The second kappa shape index (κ2) is 5.77. The van der Waals surface area contributed by atoms with Crippen LogP contribution in [-0.2, 0) is 6.54 Å². The number of carbonyl (C=O) groups excluding carboxylic acids is 1. The van der Waals surface area contributed by atoms with Gasteiger partial charge in [0.25, 0.3) is 5.91 Å². The molecule has 0 unspecified atom stereocenters. The van der Waals surface area contributed by atoms with E-state index in [1.54, 1.807) is 35.9 Å². The van der Waals surface area contributed by atoms with Gasteiger partial charge in [-0.3, -0.25) is 14.2 Å². The number of aromatic amines is 2. The van der Waals surface area contributed by atoms with Gasteiger partial charge < -0.3 is 14.9 Å². The van der Waals surface area contributed by atoms with E-state index in [-0.39, 0.29) is 23.2 Å². The van der Waals surface area contributed by atoms with Crippen LogP contribution in [0.15, 0.2) is 46.0 Å². The van der Waals surface area contributed by atoms with E-state index in [0.29, 0.717) is 23.3 Å². The van der Waals surface area contributed by atoms with Crippen molar-refractivity contribution >= 4 is 16.9 Å². The normalized spacial score (nSPS) is 14.0. The van der Waals surface area contributed by atoms with Crippen LogP contribution in [0.1, 0.15) is 34.9 Å². The van der Waals surface area contributed by atoms with Gasteiger partial charge in [0, 0.05) is 30.4 Å². The molecule has 7 nitrogen and oxygen atoms in total. The second-order valence-corrected chi connectivity index (χ2v) is 6.46. The summed E-state index contributed by atoms with van der Waals surface area (Å²) < 4.78 is 1.77. The number of carbonyl (C=O) groups is 1. The molecule has 7 heteroatoms. The average molecular weight is 338 g/mol. The molecule has 0 atom stereocenters. The van der Waals surface area contributed by atoms with Crippen LogP contribution < -0.4 is 11.2 Å². The van der Waals surface area contributed by atoms with Crippen molar-refractivity contribution in [3.63, 3.8) is 0 Å². The van der Waals surface area contributed by atoms with Gasteiger partial charge >= 0.3 is 5.69 Å². The molecule has 2 aromatic heterocycles. The monoisotopic (exact) mass is 338 g/mol. The van der Waals surface area contributed by atoms with E-state index < -0.39 is 0 Å². The lowest BCUT2D eigenvalue weighted by Crippen LogP contribution is -2.27. The van der Waals surface area contributed by atoms with Crippen molar-refractivity contribution in [1.82, 2.24) is 19.4 Å². The van der Waals surface area contributed by atoms with Gasteiger partial charge in [0.2, 0.25) is 5.56 Å². The van der Waals surface area contributed by atoms with E-state index in [1.807, 2.05) is 6.07 Å². The summed E-state index contributed by atoms with van der Waals surface area (Å²) in [5, 5.41) is 0. The molecule has 1 aliphatic carbocycles. The number of amides is 1. The summed E-state index contributed by atoms with van der Waals surface area (Å²) in [7, 11) is 1.68. The molecule has 0 aliphatic heterocycles. The van der Waals surface area contributed by atoms with Gasteiger partial charge in [-0.05, 0) is 37.1 Å². The Labute approximate surface area is 142 Å². The zero-order valence-corrected chi connectivity index (χ0v) is 13.8. The smallest absolute Gasteiger partial charge is 0.326 e. The average Bonchev–Trinajstić information content (AvgIpc) is 3.35. The third-order valence-electron chi connectivity index (χ3n) is 4.46. The highest BCUT2D eigenvalue weighted by atomic mass is 16.2. The van der Waals surface area contributed by atoms with E-state index in [1.165, 1.54) is 11.0 Å². The number of pyridine rings is 1. The first-order chi connectivity index (χ1) is 12.0. The fourth-order valence-electron chi connectivity index (χ4n) is 3.09. The first-order valence-electron chi connectivity index (χ1n) is 8.21. The first-order valence-corrected chi connectivity index (χ1v) is 8.21. The summed E-state index contributed by atoms with van der Waals surface area (Å²) in [5.74, 6) is -0.174. The standard InChI is InChI=1S/C18H18N4O3/c1-21(10-12-3-2-4-16(23)19-12)17(24)11-5-8-15-14(9-11)20-18(25)22(15)13-6-7-13/h2-5,8-9,13H,6-7,10H2,1H3,(H,19,23)(H,20,25). The number of hydrogen-bond donors (Lipinski definition) is 2. The minimum Gasteiger partial charge on any atom is -0.336 e. The van der Waals surface area contributed by atoms with E-state index in [9.17, 15) is 14.4 Å². The molecule has 0 saturated heterocycles. The van der Waals surface area contributed by atoms with Crippen LogP contribution in [0.4, 0.5) is 0 Å². The van der Waals surface area contributed by atoms with Crippen molar-refractivity contribution in [3.8, 4) is 0 Å². The van der Waals surface area contributed by atoms with Crippen molar-refractivity contribution in [1.29, 1.82) is 0 Å². The van der Waals surface area contributed by atoms with E-state index in [0.717, 1.165) is 18.4 Å². The molecular formula is C18H18N4O3. The molecule has 3 aromatic rings. The van der Waals surface area contributed by atoms with Gasteiger partial charge in [0.15, 0.2) is 0 Å². The van der Waals surface area contributed by atoms with E-state index >= 15 is 0 Å². The lowest BCUT2D eigenvalue weighted by Gasteiger charge is -2.17. The maximum Gasteiger partial charge on any atom is 0.326 e. The molecule has 1 aliphatic rings. The second-order valence-electron chi connectivity index (χ2n) is 6.46. The first kappa shape index (κ1) is 15.4. The molecule has 2 N–H and O–H groups in total. The molecule has 0 spiro atoms. The number of rotatable bonds is 4. The van der Waals surface area contributed by atoms with Crippen molar-refractivity contribution < 1.29 is 4.79 Å². The number of imidazole rings is 1. The van der Waals surface area contributed by atoms with Crippen molar-refractivity contribution in [2.75, 3.05) is 7.05 Å². The Balaban J connectivity index is 1.61. The fourth-order valence-corrected chi connectivity index (χ4v) is 3.09. The van der Waals surface area contributed by atoms with Crippen LogP contribution in [0.3, 0.4) is 0 Å². The minimum absolute atomic E-state index is 0.127. The molecule has 1 fully saturated rings. The highest BCUT2D eigenvalue weighted by molar-refractivity contribution is 5.97. The quantitative estimate of drug-likeness (QED) is 0.757. The zero-order chi connectivity index (χ0) is 17.6. The van der Waals surface area contributed by atoms with Gasteiger partial charge in [0.05, 0.1) is 17.6 Å². The molecule has 25 heavy (non-hydrogen) atoms. The third kappa shape index (κ3) is 2.88. The fraction of sp³-hybridized carbons (Fsp3) is 0.278. The predicted molar refractivity (Wildman–Crippen MR) is 93.7 cm³/mol. The SMILES string of the molecule is CN(Cc1cccc(=O)[nH]1)C(=O)c1ccc2c(c1)[nH]c(=O)n2C1CC1. The Morgan fingerprint density at radius 1 is 1.20 bits per heavy atom. The highest BCUT2D eigenvalue weighted by Gasteiger charge is 2.27. The number of nitrogens with one attached hydrogen (secondary N) is 2. The van der Waals surface area contributed by atoms with Crippen molar-refractivity contribution in [3.05, 3.63) is 68.5 Å². The highest BCUT2D eigenvalue weighted by Crippen LogP contribution is 2.35. The molecule has 0 radical (unpaired) electrons. The van der Waals surface area contributed by atoms with Crippen LogP contribution in [0.5, 0.6) is 0 Å². The largest absolute Gasteiger partial charge is 0.336 e. The van der Waals surface area contributed by atoms with Gasteiger partial charge in [-0.1, -0.05) is 6.07 Å². The Morgan fingerprint density at radius 3 is 2.72 bits per heavy atom. The summed E-state index contributed by atoms with van der Waals surface area (Å²) in [6.45, 7) is 0.298. The van der Waals surface area contributed by atoms with Crippen molar-refractivity contribution in [2.24, 2.45) is 0 Å². The topological polar surface area (TPSA) is 91.0 Å². The Bertz CT molecular complexity index is 1070. The summed E-state index contributed by atoms with van der Waals surface area (Å²) >= 11 is 0. The number of aromatic nitrogens is 3. The Kier molecular flexibility index (Phi) is 3.56. The van der Waals surface area contributed by atoms with Gasteiger partial charge in [-0.15, -0.1) is 0 Å². The Hall–Kier alpha value is -3.09. The van der Waals surface area contributed by atoms with Crippen LogP contribution in [0.25, 0.3) is 11.0 Å². The molecular weight excluding hydrogens is 320 g/mol. The maximum atomic E-state index is 12.7. The lowest BCUT2D eigenvalue weighted by molar-refractivity contribution is 0.0783. The zero-order valence-electron chi connectivity index (χ0n) is 13.8. The van der Waals surface area contributed by atoms with E-state index in [2.05, 4.69) is 9.97 Å². The molecule has 1 amide bonds. The molecule has 2 heterocycles. The summed E-state index contributed by atoms with van der Waals surface area (Å²) in [6, 6.07) is 10.4. The third-order valence-corrected chi connectivity index (χ3v) is 4.46. The molecule has 1 saturated carbocycles. The molecule has 4 rings (SSSR count). The molecule has 0 bridgehead atoms. The minimum atomic E-state index is -0.196. The van der Waals surface area contributed by atoms with Crippen LogP contribution in [-0.4, -0.2) is 32.4 Å². The number of H-pyrrole nitrogens is 2. The van der Waals surface area contributed by atoms with Crippen LogP contribution in [0.2, 0.25) is 0 Å². The summed E-state index contributed by atoms with van der Waals surface area (Å²) in [4.78, 5) is 43.2. The lowest BCUT2D eigenvalue weighted by atomic mass is 10.1. The van der Waals surface area contributed by atoms with E-state index in [4.69, 9.17) is 0 Å². The van der Waals surface area contributed by atoms with Gasteiger partial charge in [0.1, 0.15) is 0 Å². The summed E-state index contributed by atoms with van der Waals surface area (Å²) in [6.07, 6.45) is 2.04. The number of fused-ring (bicyclic) bond motifs is 1. The van der Waals surface area contributed by atoms with Crippen LogP contribution >= 0.6 is 0 Å². The van der Waals surface area contributed by atoms with Crippen LogP contribution in [0, 0.1) is 0 Å². The van der Waals surface area contributed by atoms with Gasteiger partial charge in [-0.25, -0.2) is 4.79 Å². The number of nitrogens with zero attached hydrogens (tertiary/aromatic N) is 2. The predicted octanol–water partition coefficient (Wildman–Crippen LogP) is 1.62. The van der Waals surface area contributed by atoms with Crippen molar-refractivity contribution in [2.45, 2.75) is 25.4 Å². The summed E-state index contributed by atoms with van der Waals surface area (Å²) in [5.41, 5.74) is 2.34. The van der Waals surface area contributed by atoms with Gasteiger partial charge in [-0.2, -0.15) is 0 Å². The number of hydrogen-bond acceptors (Lipinski definition) is 3.